The molecule has 2 unspecified atom stereocenters. The predicted molar refractivity (Wildman–Crippen MR) is 142 cm³/mol. The van der Waals surface area contributed by atoms with Crippen LogP contribution in [0, 0.1) is 11.8 Å². The van der Waals surface area contributed by atoms with Crippen LogP contribution in [0.4, 0.5) is 5.82 Å². The van der Waals surface area contributed by atoms with Crippen LogP contribution in [0.3, 0.4) is 0 Å². The molecule has 2 radical (unpaired) electrons. The molecule has 35 heavy (non-hydrogen) atoms. The number of halogens is 1. The molecular weight excluding hydrogens is 481 g/mol. The van der Waals surface area contributed by atoms with Crippen molar-refractivity contribution in [3.8, 4) is 11.3 Å². The van der Waals surface area contributed by atoms with Crippen LogP contribution in [0.1, 0.15) is 26.2 Å². The first kappa shape index (κ1) is 24.1. The van der Waals surface area contributed by atoms with E-state index in [1.807, 2.05) is 42.5 Å². The van der Waals surface area contributed by atoms with Gasteiger partial charge in [0.05, 0.1) is 10.6 Å². The highest BCUT2D eigenvalue weighted by Crippen LogP contribution is 2.30. The summed E-state index contributed by atoms with van der Waals surface area (Å²) in [6, 6.07) is 9.42. The summed E-state index contributed by atoms with van der Waals surface area (Å²) in [6.45, 7) is 3.70. The van der Waals surface area contributed by atoms with E-state index in [2.05, 4.69) is 22.3 Å². The Balaban J connectivity index is 1.36. The quantitative estimate of drug-likeness (QED) is 0.514. The minimum atomic E-state index is -3.48. The molecule has 1 aliphatic carbocycles. The summed E-state index contributed by atoms with van der Waals surface area (Å²) < 4.78 is 29.7. The van der Waals surface area contributed by atoms with Crippen molar-refractivity contribution in [2.24, 2.45) is 11.8 Å². The van der Waals surface area contributed by atoms with E-state index >= 15 is 0 Å². The van der Waals surface area contributed by atoms with Gasteiger partial charge in [0.15, 0.2) is 5.65 Å². The predicted octanol–water partition coefficient (Wildman–Crippen LogP) is 3.78. The van der Waals surface area contributed by atoms with Gasteiger partial charge in [-0.25, -0.2) is 13.4 Å². The van der Waals surface area contributed by atoms with Crippen LogP contribution in [-0.4, -0.2) is 54.8 Å². The van der Waals surface area contributed by atoms with Crippen LogP contribution in [0.25, 0.3) is 16.9 Å². The molecule has 7 nitrogen and oxygen atoms in total. The third kappa shape index (κ3) is 4.90. The van der Waals surface area contributed by atoms with Crippen molar-refractivity contribution in [1.29, 1.82) is 0 Å². The summed E-state index contributed by atoms with van der Waals surface area (Å²) in [4.78, 5) is 5.09. The number of aromatic nitrogens is 3. The second kappa shape index (κ2) is 9.80. The molecule has 0 saturated carbocycles. The summed E-state index contributed by atoms with van der Waals surface area (Å²) >= 11 is 6.42. The number of rotatable bonds is 6. The van der Waals surface area contributed by atoms with Crippen molar-refractivity contribution in [3.05, 3.63) is 64.7 Å². The van der Waals surface area contributed by atoms with Gasteiger partial charge in [-0.05, 0) is 48.7 Å². The van der Waals surface area contributed by atoms with Gasteiger partial charge in [0.25, 0.3) is 0 Å². The number of anilines is 1. The zero-order chi connectivity index (χ0) is 24.6. The molecular formula is C25H27BClN5O2S. The van der Waals surface area contributed by atoms with Crippen LogP contribution >= 0.6 is 11.6 Å². The molecule has 2 atom stereocenters. The number of piperidine rings is 1. The van der Waals surface area contributed by atoms with E-state index in [9.17, 15) is 8.42 Å². The van der Waals surface area contributed by atoms with Gasteiger partial charge in [-0.2, -0.15) is 13.9 Å². The number of hydrogen-bond acceptors (Lipinski definition) is 5. The zero-order valence-corrected chi connectivity index (χ0v) is 21.1. The minimum Gasteiger partial charge on any atom is -0.370 e. The molecule has 1 saturated heterocycles. The van der Waals surface area contributed by atoms with Crippen molar-refractivity contribution >= 4 is 46.4 Å². The Labute approximate surface area is 212 Å². The van der Waals surface area contributed by atoms with Gasteiger partial charge in [-0.15, -0.1) is 0 Å². The fourth-order valence-corrected chi connectivity index (χ4v) is 6.49. The monoisotopic (exact) mass is 507 g/mol. The SMILES string of the molecule is [B]c1cnn2c(NCC3CCCN(S(=O)(=O)C4=CCC(C)C=C4)C3)cc(-c3ccccc3Cl)nc12. The van der Waals surface area contributed by atoms with Crippen LogP contribution < -0.4 is 10.8 Å². The summed E-state index contributed by atoms with van der Waals surface area (Å²) in [7, 11) is 2.64. The highest BCUT2D eigenvalue weighted by Gasteiger charge is 2.31. The zero-order valence-electron chi connectivity index (χ0n) is 19.6. The first-order chi connectivity index (χ1) is 16.8. The van der Waals surface area contributed by atoms with E-state index in [0.717, 1.165) is 30.6 Å². The van der Waals surface area contributed by atoms with Crippen molar-refractivity contribution in [2.45, 2.75) is 26.2 Å². The van der Waals surface area contributed by atoms with Gasteiger partial charge < -0.3 is 5.32 Å². The Morgan fingerprint density at radius 3 is 2.89 bits per heavy atom. The molecule has 3 aromatic rings. The summed E-state index contributed by atoms with van der Waals surface area (Å²) in [5, 5.41) is 8.44. The molecule has 5 rings (SSSR count). The molecule has 1 fully saturated rings. The molecule has 10 heteroatoms. The van der Waals surface area contributed by atoms with Gasteiger partial charge in [0.1, 0.15) is 13.7 Å². The van der Waals surface area contributed by atoms with E-state index < -0.39 is 10.0 Å². The molecule has 1 N–H and O–H groups in total. The molecule has 2 aromatic heterocycles. The lowest BCUT2D eigenvalue weighted by molar-refractivity contribution is 0.277. The van der Waals surface area contributed by atoms with Crippen molar-refractivity contribution in [3.63, 3.8) is 0 Å². The third-order valence-corrected chi connectivity index (χ3v) is 8.86. The maximum atomic E-state index is 13.2. The van der Waals surface area contributed by atoms with E-state index in [4.69, 9.17) is 19.4 Å². The molecule has 3 heterocycles. The smallest absolute Gasteiger partial charge is 0.242 e. The van der Waals surface area contributed by atoms with Gasteiger partial charge in [-0.1, -0.05) is 48.9 Å². The van der Waals surface area contributed by atoms with Crippen molar-refractivity contribution < 1.29 is 8.42 Å². The number of benzene rings is 1. The van der Waals surface area contributed by atoms with Gasteiger partial charge in [0.2, 0.25) is 10.0 Å². The van der Waals surface area contributed by atoms with E-state index in [1.54, 1.807) is 21.1 Å². The molecule has 180 valence electrons. The topological polar surface area (TPSA) is 79.6 Å². The van der Waals surface area contributed by atoms with Crippen LogP contribution in [0.15, 0.2) is 59.7 Å². The second-order valence-corrected chi connectivity index (χ2v) is 11.6. The fourth-order valence-electron chi connectivity index (χ4n) is 4.62. The number of nitrogens with zero attached hydrogens (tertiary/aromatic N) is 4. The van der Waals surface area contributed by atoms with E-state index in [-0.39, 0.29) is 5.92 Å². The summed E-state index contributed by atoms with van der Waals surface area (Å²) in [6.07, 6.45) is 9.65. The number of nitrogens with one attached hydrogen (secondary N) is 1. The lowest BCUT2D eigenvalue weighted by atomic mass is 9.99. The van der Waals surface area contributed by atoms with E-state index in [1.165, 1.54) is 0 Å². The van der Waals surface area contributed by atoms with Crippen LogP contribution in [0.2, 0.25) is 5.02 Å². The minimum absolute atomic E-state index is 0.158. The Bertz CT molecular complexity index is 1420. The largest absolute Gasteiger partial charge is 0.370 e. The lowest BCUT2D eigenvalue weighted by Crippen LogP contribution is -2.42. The van der Waals surface area contributed by atoms with Crippen molar-refractivity contribution in [2.75, 3.05) is 25.0 Å². The third-order valence-electron chi connectivity index (χ3n) is 6.62. The Kier molecular flexibility index (Phi) is 6.74. The summed E-state index contributed by atoms with van der Waals surface area (Å²) in [5.41, 5.74) is 2.51. The molecule has 0 bridgehead atoms. The van der Waals surface area contributed by atoms with E-state index in [0.29, 0.717) is 52.3 Å². The average molecular weight is 508 g/mol. The van der Waals surface area contributed by atoms with Gasteiger partial charge in [-0.3, -0.25) is 0 Å². The molecule has 0 amide bonds. The normalized spacial score (nSPS) is 21.3. The maximum absolute atomic E-state index is 13.2. The molecule has 0 spiro atoms. The molecule has 1 aromatic carbocycles. The number of fused-ring (bicyclic) bond motifs is 1. The maximum Gasteiger partial charge on any atom is 0.242 e. The lowest BCUT2D eigenvalue weighted by Gasteiger charge is -2.33. The van der Waals surface area contributed by atoms with Gasteiger partial charge in [0, 0.05) is 42.5 Å². The average Bonchev–Trinajstić information content (AvgIpc) is 3.24. The Morgan fingerprint density at radius 1 is 1.29 bits per heavy atom. The second-order valence-electron chi connectivity index (χ2n) is 9.27. The van der Waals surface area contributed by atoms with Crippen LogP contribution in [0.5, 0.6) is 0 Å². The highest BCUT2D eigenvalue weighted by molar-refractivity contribution is 7.93. The summed E-state index contributed by atoms with van der Waals surface area (Å²) in [5.74, 6) is 1.26. The highest BCUT2D eigenvalue weighted by atomic mass is 35.5. The standard InChI is InChI=1S/C25H27BClN5O2S/c1-17-8-10-19(11-9-17)35(33,34)31-12-4-5-18(16-31)14-28-24-13-23(20-6-2-3-7-22(20)27)30-25-21(26)15-29-32(24)25/h2-3,6-8,10-11,13,15,17-18,28H,4-5,9,12,14,16H2,1H3. The number of hydrogen-bond donors (Lipinski definition) is 1. The Hall–Kier alpha value is -2.62. The number of allylic oxidation sites excluding steroid dienone is 3. The van der Waals surface area contributed by atoms with Crippen LogP contribution in [-0.2, 0) is 10.0 Å². The van der Waals surface area contributed by atoms with Crippen molar-refractivity contribution in [1.82, 2.24) is 18.9 Å². The Morgan fingerprint density at radius 2 is 2.11 bits per heavy atom. The number of sulfonamides is 1. The first-order valence-corrected chi connectivity index (χ1v) is 13.7. The molecule has 1 aliphatic heterocycles. The first-order valence-electron chi connectivity index (χ1n) is 11.8. The molecule has 2 aliphatic rings. The fraction of sp³-hybridized carbons (Fsp3) is 0.360. The van der Waals surface area contributed by atoms with Gasteiger partial charge >= 0.3 is 0 Å².